The molecule has 0 spiro atoms. The Morgan fingerprint density at radius 1 is 0.667 bits per heavy atom. The number of nitrogens with one attached hydrogen (secondary N) is 1. The lowest BCUT2D eigenvalue weighted by Gasteiger charge is -2.26. The molecule has 5 aromatic carbocycles. The van der Waals surface area contributed by atoms with Crippen LogP contribution >= 0.6 is 0 Å². The molecule has 0 saturated carbocycles. The zero-order valence-electron chi connectivity index (χ0n) is 24.4. The number of benzene rings is 5. The molecule has 1 N–H and O–H groups in total. The summed E-state index contributed by atoms with van der Waals surface area (Å²) in [7, 11) is 0. The van der Waals surface area contributed by atoms with Crippen molar-refractivity contribution in [2.45, 2.75) is 19.3 Å². The van der Waals surface area contributed by atoms with Crippen LogP contribution in [0.2, 0.25) is 0 Å². The molecule has 8 heteroatoms. The summed E-state index contributed by atoms with van der Waals surface area (Å²) >= 11 is 0. The molecule has 0 radical (unpaired) electrons. The third kappa shape index (κ3) is 4.73. The minimum Gasteiger partial charge on any atom is -0.457 e. The standard InChI is InChI=1S/C37H26N2O6/c1-37(2)23-12-16-27(17-13-23)44-30-10-3-6-22(21-40)32(30)34(41)38-25-7-4-8-26(20-25)39-35(42)29-9-5-11-31(33(29)36(39)43)45-28-18-14-24(37)15-19-28/h3-21H,1-2H3,(H,38,41). The zero-order chi connectivity index (χ0) is 31.3. The van der Waals surface area contributed by atoms with Gasteiger partial charge in [-0.05, 0) is 71.8 Å². The number of carbonyl (C=O) groups is 4. The summed E-state index contributed by atoms with van der Waals surface area (Å²) in [6, 6.07) is 31.3. The fourth-order valence-corrected chi connectivity index (χ4v) is 5.76. The van der Waals surface area contributed by atoms with E-state index in [1.54, 1.807) is 48.5 Å². The van der Waals surface area contributed by atoms with Crippen LogP contribution in [0.3, 0.4) is 0 Å². The maximum atomic E-state index is 13.7. The number of hydrogen-bond acceptors (Lipinski definition) is 6. The van der Waals surface area contributed by atoms with Crippen LogP contribution in [-0.4, -0.2) is 24.0 Å². The molecule has 0 fully saturated rings. The molecule has 8 bridgehead atoms. The molecule has 5 aromatic rings. The van der Waals surface area contributed by atoms with Gasteiger partial charge in [0.15, 0.2) is 6.29 Å². The van der Waals surface area contributed by atoms with E-state index < -0.39 is 17.7 Å². The van der Waals surface area contributed by atoms with Crippen LogP contribution in [0.25, 0.3) is 0 Å². The molecule has 0 atom stereocenters. The molecule has 220 valence electrons. The van der Waals surface area contributed by atoms with Gasteiger partial charge in [0.25, 0.3) is 17.7 Å². The van der Waals surface area contributed by atoms with Crippen molar-refractivity contribution in [3.63, 3.8) is 0 Å². The van der Waals surface area contributed by atoms with Crippen LogP contribution in [0.15, 0.2) is 109 Å². The quantitative estimate of drug-likeness (QED) is 0.157. The van der Waals surface area contributed by atoms with Gasteiger partial charge >= 0.3 is 0 Å². The second kappa shape index (κ2) is 10.6. The first-order valence-electron chi connectivity index (χ1n) is 14.3. The zero-order valence-corrected chi connectivity index (χ0v) is 24.4. The van der Waals surface area contributed by atoms with Crippen LogP contribution in [-0.2, 0) is 5.41 Å². The van der Waals surface area contributed by atoms with E-state index in [0.29, 0.717) is 23.5 Å². The predicted molar refractivity (Wildman–Crippen MR) is 169 cm³/mol. The van der Waals surface area contributed by atoms with Gasteiger partial charge in [0, 0.05) is 16.7 Å². The molecule has 0 unspecified atom stereocenters. The minimum absolute atomic E-state index is 0.0482. The monoisotopic (exact) mass is 594 g/mol. The lowest BCUT2D eigenvalue weighted by molar-refractivity contribution is 0.0924. The smallest absolute Gasteiger partial charge is 0.269 e. The second-order valence-corrected chi connectivity index (χ2v) is 11.3. The highest BCUT2D eigenvalue weighted by molar-refractivity contribution is 6.35. The van der Waals surface area contributed by atoms with Crippen LogP contribution in [0.4, 0.5) is 11.4 Å². The first-order valence-corrected chi connectivity index (χ1v) is 14.3. The fraction of sp³-hybridized carbons (Fsp3) is 0.0811. The topological polar surface area (TPSA) is 102 Å². The largest absolute Gasteiger partial charge is 0.457 e. The first-order chi connectivity index (χ1) is 21.7. The van der Waals surface area contributed by atoms with Gasteiger partial charge < -0.3 is 14.8 Å². The lowest BCUT2D eigenvalue weighted by Crippen LogP contribution is -2.29. The number of aldehydes is 1. The van der Waals surface area contributed by atoms with Crippen LogP contribution in [0.5, 0.6) is 23.0 Å². The van der Waals surface area contributed by atoms with E-state index in [2.05, 4.69) is 19.2 Å². The van der Waals surface area contributed by atoms with E-state index in [-0.39, 0.29) is 44.9 Å². The number of rotatable bonds is 1. The van der Waals surface area contributed by atoms with Crippen molar-refractivity contribution in [2.24, 2.45) is 0 Å². The van der Waals surface area contributed by atoms with E-state index in [0.717, 1.165) is 16.0 Å². The van der Waals surface area contributed by atoms with Crippen LogP contribution in [0.1, 0.15) is 66.4 Å². The van der Waals surface area contributed by atoms with Gasteiger partial charge in [-0.25, -0.2) is 4.90 Å². The summed E-state index contributed by atoms with van der Waals surface area (Å²) in [6.07, 6.45) is 0.595. The van der Waals surface area contributed by atoms with Gasteiger partial charge in [-0.1, -0.05) is 62.4 Å². The Labute approximate surface area is 258 Å². The van der Waals surface area contributed by atoms with Crippen molar-refractivity contribution in [1.82, 2.24) is 0 Å². The van der Waals surface area contributed by atoms with Gasteiger partial charge in [0.1, 0.15) is 23.0 Å². The Bertz CT molecular complexity index is 2000. The summed E-state index contributed by atoms with van der Waals surface area (Å²) in [5, 5.41) is 2.79. The molecule has 4 aliphatic heterocycles. The number of amides is 3. The summed E-state index contributed by atoms with van der Waals surface area (Å²) in [5.74, 6) is -0.170. The van der Waals surface area contributed by atoms with E-state index >= 15 is 0 Å². The number of fused-ring (bicyclic) bond motifs is 2. The fourth-order valence-electron chi connectivity index (χ4n) is 5.76. The third-order valence-corrected chi connectivity index (χ3v) is 8.26. The number of hydrogen-bond donors (Lipinski definition) is 1. The van der Waals surface area contributed by atoms with Crippen molar-refractivity contribution in [3.05, 3.63) is 143 Å². The molecule has 45 heavy (non-hydrogen) atoms. The Morgan fingerprint density at radius 2 is 1.24 bits per heavy atom. The van der Waals surface area contributed by atoms with Gasteiger partial charge in [-0.15, -0.1) is 0 Å². The van der Waals surface area contributed by atoms with E-state index in [1.807, 2.05) is 48.5 Å². The normalized spacial score (nSPS) is 14.9. The molecule has 4 aliphatic rings. The number of anilines is 2. The minimum atomic E-state index is -0.592. The number of ether oxygens (including phenoxy) is 2. The SMILES string of the molecule is CC1(C)c2ccc(cc2)Oc2cccc(C=O)c2C(=O)Nc2cccc(c2)N2C(=O)c3cccc(c3C2=O)Oc2ccc1cc2. The van der Waals surface area contributed by atoms with Crippen molar-refractivity contribution >= 4 is 35.4 Å². The highest BCUT2D eigenvalue weighted by atomic mass is 16.5. The molecular weight excluding hydrogens is 568 g/mol. The molecule has 0 aromatic heterocycles. The summed E-state index contributed by atoms with van der Waals surface area (Å²) in [4.78, 5) is 53.9. The van der Waals surface area contributed by atoms with Gasteiger partial charge in [0.2, 0.25) is 0 Å². The van der Waals surface area contributed by atoms with E-state index in [1.165, 1.54) is 12.1 Å². The Morgan fingerprint density at radius 3 is 1.87 bits per heavy atom. The van der Waals surface area contributed by atoms with Crippen LogP contribution in [0, 0.1) is 0 Å². The molecule has 9 rings (SSSR count). The van der Waals surface area contributed by atoms with Crippen molar-refractivity contribution < 1.29 is 28.7 Å². The van der Waals surface area contributed by atoms with Gasteiger partial charge in [-0.2, -0.15) is 0 Å². The molecule has 4 heterocycles. The molecule has 0 aliphatic carbocycles. The maximum absolute atomic E-state index is 13.7. The average molecular weight is 595 g/mol. The number of nitrogens with zero attached hydrogens (tertiary/aromatic N) is 1. The Balaban J connectivity index is 1.38. The molecular formula is C37H26N2O6. The van der Waals surface area contributed by atoms with Crippen molar-refractivity contribution in [1.29, 1.82) is 0 Å². The summed E-state index contributed by atoms with van der Waals surface area (Å²) in [5.41, 5.74) is 2.80. The Kier molecular flexibility index (Phi) is 6.55. The molecule has 0 saturated heterocycles. The second-order valence-electron chi connectivity index (χ2n) is 11.3. The Hall–Kier alpha value is -6.02. The lowest BCUT2D eigenvalue weighted by atomic mass is 9.78. The first kappa shape index (κ1) is 27.8. The summed E-state index contributed by atoms with van der Waals surface area (Å²) in [6.45, 7) is 4.20. The van der Waals surface area contributed by atoms with Gasteiger partial charge in [0.05, 0.1) is 22.4 Å². The van der Waals surface area contributed by atoms with Gasteiger partial charge in [-0.3, -0.25) is 19.2 Å². The van der Waals surface area contributed by atoms with E-state index in [9.17, 15) is 19.2 Å². The van der Waals surface area contributed by atoms with E-state index in [4.69, 9.17) is 9.47 Å². The van der Waals surface area contributed by atoms with Crippen molar-refractivity contribution in [3.8, 4) is 23.0 Å². The molecule has 8 nitrogen and oxygen atoms in total. The number of imide groups is 1. The highest BCUT2D eigenvalue weighted by Crippen LogP contribution is 2.39. The summed E-state index contributed by atoms with van der Waals surface area (Å²) < 4.78 is 12.3. The highest BCUT2D eigenvalue weighted by Gasteiger charge is 2.39. The average Bonchev–Trinajstić information content (AvgIpc) is 3.31. The van der Waals surface area contributed by atoms with Crippen molar-refractivity contribution in [2.75, 3.05) is 10.2 Å². The van der Waals surface area contributed by atoms with Crippen LogP contribution < -0.4 is 19.7 Å². The maximum Gasteiger partial charge on any atom is 0.269 e. The predicted octanol–water partition coefficient (Wildman–Crippen LogP) is 7.78. The number of carbonyl (C=O) groups excluding carboxylic acids is 4. The molecule has 3 amide bonds. The third-order valence-electron chi connectivity index (χ3n) is 8.26.